The Morgan fingerprint density at radius 1 is 1.26 bits per heavy atom. The molecule has 0 amide bonds. The third-order valence-corrected chi connectivity index (χ3v) is 3.52. The number of ether oxygens (including phenoxy) is 1. The van der Waals surface area contributed by atoms with Crippen molar-refractivity contribution in [3.63, 3.8) is 0 Å². The summed E-state index contributed by atoms with van der Waals surface area (Å²) in [6, 6.07) is 5.14. The highest BCUT2D eigenvalue weighted by Crippen LogP contribution is 2.25. The van der Waals surface area contributed by atoms with Gasteiger partial charge in [0, 0.05) is 15.6 Å². The molecule has 0 atom stereocenters. The lowest BCUT2D eigenvalue weighted by Gasteiger charge is -2.10. The highest BCUT2D eigenvalue weighted by Gasteiger charge is 2.13. The van der Waals surface area contributed by atoms with E-state index in [1.54, 1.807) is 18.2 Å². The Kier molecular flexibility index (Phi) is 4.34. The fraction of sp³-hybridized carbons (Fsp3) is 0.167. The number of rotatable bonds is 3. The summed E-state index contributed by atoms with van der Waals surface area (Å²) >= 11 is 17.9. The van der Waals surface area contributed by atoms with Gasteiger partial charge in [0.2, 0.25) is 5.75 Å². The first kappa shape index (κ1) is 14.2. The molecule has 2 aromatic rings. The predicted octanol–water partition coefficient (Wildman–Crippen LogP) is 3.26. The molecule has 1 aromatic heterocycles. The first-order valence-corrected chi connectivity index (χ1v) is 6.39. The van der Waals surface area contributed by atoms with Gasteiger partial charge in [-0.05, 0) is 12.1 Å². The fourth-order valence-corrected chi connectivity index (χ4v) is 2.31. The van der Waals surface area contributed by atoms with Gasteiger partial charge in [0.05, 0.1) is 20.0 Å². The molecule has 0 saturated carbocycles. The average molecular weight is 320 g/mol. The van der Waals surface area contributed by atoms with Crippen LogP contribution in [0.3, 0.4) is 0 Å². The number of hydrogen-bond donors (Lipinski definition) is 0. The molecule has 100 valence electrons. The number of halogens is 3. The minimum atomic E-state index is -0.390. The molecule has 0 aliphatic rings. The molecule has 4 nitrogen and oxygen atoms in total. The van der Waals surface area contributed by atoms with E-state index in [1.807, 2.05) is 0 Å². The second kappa shape index (κ2) is 5.82. The molecule has 0 radical (unpaired) electrons. The van der Waals surface area contributed by atoms with Crippen LogP contribution < -0.4 is 10.3 Å². The van der Waals surface area contributed by atoms with Gasteiger partial charge < -0.3 is 4.74 Å². The van der Waals surface area contributed by atoms with Crippen LogP contribution >= 0.6 is 34.8 Å². The van der Waals surface area contributed by atoms with E-state index in [-0.39, 0.29) is 17.4 Å². The van der Waals surface area contributed by atoms with Gasteiger partial charge in [-0.3, -0.25) is 9.36 Å². The number of methoxy groups -OCH3 is 1. The highest BCUT2D eigenvalue weighted by atomic mass is 35.5. The second-order valence-electron chi connectivity index (χ2n) is 3.70. The first-order chi connectivity index (χ1) is 9.04. The van der Waals surface area contributed by atoms with Gasteiger partial charge >= 0.3 is 0 Å². The summed E-state index contributed by atoms with van der Waals surface area (Å²) in [5.41, 5.74) is 0.248. The normalized spacial score (nSPS) is 10.5. The molecule has 1 aromatic carbocycles. The summed E-state index contributed by atoms with van der Waals surface area (Å²) in [4.78, 5) is 16.0. The largest absolute Gasteiger partial charge is 0.489 e. The molecule has 0 aliphatic carbocycles. The highest BCUT2D eigenvalue weighted by molar-refractivity contribution is 6.36. The SMILES string of the molecule is COc1c(Cl)ncn(Cc2c(Cl)cccc2Cl)c1=O. The number of hydrogen-bond acceptors (Lipinski definition) is 3. The summed E-state index contributed by atoms with van der Waals surface area (Å²) in [6.45, 7) is 0.192. The molecule has 0 fully saturated rings. The van der Waals surface area contributed by atoms with E-state index in [9.17, 15) is 4.79 Å². The third kappa shape index (κ3) is 2.86. The maximum atomic E-state index is 12.1. The Hall–Kier alpha value is -1.23. The van der Waals surface area contributed by atoms with E-state index in [1.165, 1.54) is 18.0 Å². The number of benzene rings is 1. The zero-order chi connectivity index (χ0) is 14.0. The van der Waals surface area contributed by atoms with Gasteiger partial charge in [-0.25, -0.2) is 4.98 Å². The van der Waals surface area contributed by atoms with Crippen molar-refractivity contribution in [1.82, 2.24) is 9.55 Å². The van der Waals surface area contributed by atoms with Crippen LogP contribution in [0.15, 0.2) is 29.3 Å². The molecule has 2 rings (SSSR count). The van der Waals surface area contributed by atoms with Crippen molar-refractivity contribution < 1.29 is 4.74 Å². The molecule has 0 N–H and O–H groups in total. The van der Waals surface area contributed by atoms with Gasteiger partial charge in [-0.1, -0.05) is 40.9 Å². The molecule has 0 aliphatic heterocycles. The van der Waals surface area contributed by atoms with Crippen molar-refractivity contribution in [3.8, 4) is 5.75 Å². The molecular weight excluding hydrogens is 311 g/mol. The molecule has 0 bridgehead atoms. The van der Waals surface area contributed by atoms with Crippen molar-refractivity contribution in [2.75, 3.05) is 7.11 Å². The fourth-order valence-electron chi connectivity index (χ4n) is 1.59. The zero-order valence-corrected chi connectivity index (χ0v) is 12.1. The maximum absolute atomic E-state index is 12.1. The van der Waals surface area contributed by atoms with Crippen LogP contribution in [0, 0.1) is 0 Å². The van der Waals surface area contributed by atoms with Crippen LogP contribution in [0.1, 0.15) is 5.56 Å². The van der Waals surface area contributed by atoms with Crippen LogP contribution in [0.25, 0.3) is 0 Å². The van der Waals surface area contributed by atoms with Crippen LogP contribution in [-0.4, -0.2) is 16.7 Å². The van der Waals surface area contributed by atoms with E-state index >= 15 is 0 Å². The molecule has 19 heavy (non-hydrogen) atoms. The number of nitrogens with zero attached hydrogens (tertiary/aromatic N) is 2. The van der Waals surface area contributed by atoms with Crippen molar-refractivity contribution >= 4 is 34.8 Å². The van der Waals surface area contributed by atoms with E-state index in [2.05, 4.69) is 4.98 Å². The summed E-state index contributed by atoms with van der Waals surface area (Å²) < 4.78 is 6.25. The average Bonchev–Trinajstić information content (AvgIpc) is 2.37. The lowest BCUT2D eigenvalue weighted by atomic mass is 10.2. The minimum Gasteiger partial charge on any atom is -0.489 e. The summed E-state index contributed by atoms with van der Waals surface area (Å²) in [5.74, 6) is -0.00709. The van der Waals surface area contributed by atoms with Gasteiger partial charge in [0.15, 0.2) is 5.15 Å². The Morgan fingerprint density at radius 2 is 1.89 bits per heavy atom. The quantitative estimate of drug-likeness (QED) is 0.816. The van der Waals surface area contributed by atoms with Crippen molar-refractivity contribution in [2.45, 2.75) is 6.54 Å². The van der Waals surface area contributed by atoms with Crippen LogP contribution in [-0.2, 0) is 6.54 Å². The molecule has 0 saturated heterocycles. The van der Waals surface area contributed by atoms with Gasteiger partial charge in [0.25, 0.3) is 5.56 Å². The summed E-state index contributed by atoms with van der Waals surface area (Å²) in [7, 11) is 1.36. The Bertz CT molecular complexity index is 650. The first-order valence-electron chi connectivity index (χ1n) is 5.26. The van der Waals surface area contributed by atoms with Crippen LogP contribution in [0.5, 0.6) is 5.75 Å². The van der Waals surface area contributed by atoms with Crippen LogP contribution in [0.4, 0.5) is 0 Å². The monoisotopic (exact) mass is 318 g/mol. The van der Waals surface area contributed by atoms with Crippen molar-refractivity contribution in [3.05, 3.63) is 55.6 Å². The Labute approximate surface area is 124 Å². The predicted molar refractivity (Wildman–Crippen MR) is 75.6 cm³/mol. The lowest BCUT2D eigenvalue weighted by molar-refractivity contribution is 0.401. The van der Waals surface area contributed by atoms with Gasteiger partial charge in [0.1, 0.15) is 0 Å². The topological polar surface area (TPSA) is 44.1 Å². The molecule has 0 unspecified atom stereocenters. The summed E-state index contributed by atoms with van der Waals surface area (Å²) in [5, 5.41) is 0.982. The molecule has 7 heteroatoms. The number of aromatic nitrogens is 2. The minimum absolute atomic E-state index is 0.00709. The smallest absolute Gasteiger partial charge is 0.297 e. The van der Waals surface area contributed by atoms with Gasteiger partial charge in [-0.15, -0.1) is 0 Å². The van der Waals surface area contributed by atoms with E-state index in [4.69, 9.17) is 39.5 Å². The van der Waals surface area contributed by atoms with Crippen molar-refractivity contribution in [1.29, 1.82) is 0 Å². The van der Waals surface area contributed by atoms with Crippen LogP contribution in [0.2, 0.25) is 15.2 Å². The second-order valence-corrected chi connectivity index (χ2v) is 4.87. The molecule has 0 spiro atoms. The lowest BCUT2D eigenvalue weighted by Crippen LogP contribution is -2.23. The Balaban J connectivity index is 2.48. The molecular formula is C12H9Cl3N2O2. The third-order valence-electron chi connectivity index (χ3n) is 2.55. The van der Waals surface area contributed by atoms with Gasteiger partial charge in [-0.2, -0.15) is 0 Å². The van der Waals surface area contributed by atoms with E-state index < -0.39 is 5.56 Å². The maximum Gasteiger partial charge on any atom is 0.297 e. The Morgan fingerprint density at radius 3 is 2.47 bits per heavy atom. The standard InChI is InChI=1S/C12H9Cl3N2O2/c1-19-10-11(15)16-6-17(12(10)18)5-7-8(13)3-2-4-9(7)14/h2-4,6H,5H2,1H3. The summed E-state index contributed by atoms with van der Waals surface area (Å²) in [6.07, 6.45) is 1.33. The molecule has 1 heterocycles. The van der Waals surface area contributed by atoms with E-state index in [0.717, 1.165) is 0 Å². The van der Waals surface area contributed by atoms with E-state index in [0.29, 0.717) is 15.6 Å². The zero-order valence-electron chi connectivity index (χ0n) is 9.86. The van der Waals surface area contributed by atoms with Crippen molar-refractivity contribution in [2.24, 2.45) is 0 Å².